The van der Waals surface area contributed by atoms with Gasteiger partial charge in [0.1, 0.15) is 6.61 Å². The van der Waals surface area contributed by atoms with E-state index in [1.54, 1.807) is 26.3 Å². The Balaban J connectivity index is 1.59. The third kappa shape index (κ3) is 4.86. The minimum absolute atomic E-state index is 0.0886. The zero-order valence-corrected chi connectivity index (χ0v) is 16.8. The topological polar surface area (TPSA) is 50.8 Å². The highest BCUT2D eigenvalue weighted by Gasteiger charge is 2.31. The van der Waals surface area contributed by atoms with Crippen molar-refractivity contribution < 1.29 is 14.3 Å². The molecule has 0 bridgehead atoms. The summed E-state index contributed by atoms with van der Waals surface area (Å²) in [5, 5.41) is 3.72. The van der Waals surface area contributed by atoms with Gasteiger partial charge in [0.15, 0.2) is 11.5 Å². The number of carbonyl (C=O) groups excluding carboxylic acids is 1. The zero-order valence-electron chi connectivity index (χ0n) is 15.3. The molecule has 2 aromatic rings. The second kappa shape index (κ2) is 8.83. The van der Waals surface area contributed by atoms with E-state index in [0.29, 0.717) is 28.2 Å². The van der Waals surface area contributed by atoms with Gasteiger partial charge in [0.2, 0.25) is 5.91 Å². The van der Waals surface area contributed by atoms with E-state index in [1.165, 1.54) is 0 Å². The largest absolute Gasteiger partial charge is 0.493 e. The maximum absolute atomic E-state index is 11.6. The Morgan fingerprint density at radius 1 is 1.11 bits per heavy atom. The van der Waals surface area contributed by atoms with Crippen LogP contribution in [0.4, 0.5) is 0 Å². The Morgan fingerprint density at radius 2 is 1.85 bits per heavy atom. The summed E-state index contributed by atoms with van der Waals surface area (Å²) < 4.78 is 11.4. The molecule has 0 atom stereocenters. The van der Waals surface area contributed by atoms with E-state index in [2.05, 4.69) is 10.2 Å². The van der Waals surface area contributed by atoms with Crippen LogP contribution in [0.1, 0.15) is 11.1 Å². The molecule has 1 amide bonds. The van der Waals surface area contributed by atoms with Gasteiger partial charge in [-0.15, -0.1) is 0 Å². The van der Waals surface area contributed by atoms with Crippen molar-refractivity contribution in [1.29, 1.82) is 0 Å². The molecule has 1 saturated heterocycles. The van der Waals surface area contributed by atoms with Crippen LogP contribution in [0, 0.1) is 5.92 Å². The van der Waals surface area contributed by atoms with Crippen LogP contribution in [0.25, 0.3) is 0 Å². The quantitative estimate of drug-likeness (QED) is 0.757. The zero-order chi connectivity index (χ0) is 19.4. The smallest absolute Gasteiger partial charge is 0.225 e. The van der Waals surface area contributed by atoms with Gasteiger partial charge < -0.3 is 14.8 Å². The van der Waals surface area contributed by atoms with Crippen LogP contribution in [0.5, 0.6) is 11.5 Å². The third-order valence-electron chi connectivity index (χ3n) is 4.59. The standard InChI is InChI=1S/C20H22Cl2N2O3/c1-23-20(25)15-10-24(11-15)9-13-4-6-18(19(8-13)26-2)27-12-14-3-5-16(21)17(22)7-14/h3-8,15H,9-12H2,1-2H3,(H,23,25). The molecule has 1 N–H and O–H groups in total. The van der Waals surface area contributed by atoms with E-state index < -0.39 is 0 Å². The molecule has 5 nitrogen and oxygen atoms in total. The second-order valence-electron chi connectivity index (χ2n) is 6.53. The van der Waals surface area contributed by atoms with Crippen LogP contribution in [0.3, 0.4) is 0 Å². The average molecular weight is 409 g/mol. The van der Waals surface area contributed by atoms with E-state index in [9.17, 15) is 4.79 Å². The number of rotatable bonds is 7. The van der Waals surface area contributed by atoms with Crippen LogP contribution in [0.2, 0.25) is 10.0 Å². The van der Waals surface area contributed by atoms with Gasteiger partial charge in [-0.3, -0.25) is 9.69 Å². The molecular formula is C20H22Cl2N2O3. The van der Waals surface area contributed by atoms with Gasteiger partial charge in [-0.1, -0.05) is 35.3 Å². The number of amides is 1. The van der Waals surface area contributed by atoms with Gasteiger partial charge in [0.05, 0.1) is 23.1 Å². The highest BCUT2D eigenvalue weighted by Crippen LogP contribution is 2.31. The first-order valence-corrected chi connectivity index (χ1v) is 9.43. The molecule has 27 heavy (non-hydrogen) atoms. The van der Waals surface area contributed by atoms with Gasteiger partial charge in [0, 0.05) is 26.7 Å². The van der Waals surface area contributed by atoms with Crippen LogP contribution in [-0.4, -0.2) is 38.1 Å². The van der Waals surface area contributed by atoms with E-state index in [4.69, 9.17) is 32.7 Å². The summed E-state index contributed by atoms with van der Waals surface area (Å²) in [6.07, 6.45) is 0. The molecular weight excluding hydrogens is 387 g/mol. The van der Waals surface area contributed by atoms with Gasteiger partial charge in [-0.05, 0) is 35.4 Å². The molecule has 0 spiro atoms. The maximum Gasteiger partial charge on any atom is 0.225 e. The molecule has 0 radical (unpaired) electrons. The van der Waals surface area contributed by atoms with Crippen molar-refractivity contribution in [1.82, 2.24) is 10.2 Å². The van der Waals surface area contributed by atoms with E-state index in [0.717, 1.165) is 30.8 Å². The number of halogens is 2. The lowest BCUT2D eigenvalue weighted by atomic mass is 9.98. The molecule has 0 aromatic heterocycles. The third-order valence-corrected chi connectivity index (χ3v) is 5.33. The number of nitrogens with zero attached hydrogens (tertiary/aromatic N) is 1. The average Bonchev–Trinajstić information content (AvgIpc) is 2.65. The van der Waals surface area contributed by atoms with Crippen LogP contribution in [-0.2, 0) is 17.9 Å². The first kappa shape index (κ1) is 19.8. The van der Waals surface area contributed by atoms with Crippen molar-refractivity contribution in [3.8, 4) is 11.5 Å². The Hall–Kier alpha value is -1.95. The summed E-state index contributed by atoms with van der Waals surface area (Å²) in [5.74, 6) is 1.54. The highest BCUT2D eigenvalue weighted by atomic mass is 35.5. The summed E-state index contributed by atoms with van der Waals surface area (Å²) in [7, 11) is 3.29. The number of methoxy groups -OCH3 is 1. The molecule has 1 aliphatic heterocycles. The fraction of sp³-hybridized carbons (Fsp3) is 0.350. The summed E-state index contributed by atoms with van der Waals surface area (Å²) in [6, 6.07) is 11.3. The fourth-order valence-electron chi connectivity index (χ4n) is 3.05. The highest BCUT2D eigenvalue weighted by molar-refractivity contribution is 6.42. The number of hydrogen-bond acceptors (Lipinski definition) is 4. The predicted octanol–water partition coefficient (Wildman–Crippen LogP) is 3.76. The minimum atomic E-state index is 0.0886. The van der Waals surface area contributed by atoms with Gasteiger partial charge in [0.25, 0.3) is 0 Å². The normalized spacial score (nSPS) is 14.5. The summed E-state index contributed by atoms with van der Waals surface area (Å²) >= 11 is 12.0. The van der Waals surface area contributed by atoms with Gasteiger partial charge in [-0.25, -0.2) is 0 Å². The molecule has 0 saturated carbocycles. The summed E-state index contributed by atoms with van der Waals surface area (Å²) in [5.41, 5.74) is 2.04. The Kier molecular flexibility index (Phi) is 6.47. The number of likely N-dealkylation sites (tertiary alicyclic amines) is 1. The molecule has 0 unspecified atom stereocenters. The van der Waals surface area contributed by atoms with Crippen LogP contribution >= 0.6 is 23.2 Å². The minimum Gasteiger partial charge on any atom is -0.493 e. The van der Waals surface area contributed by atoms with Crippen molar-refractivity contribution in [3.05, 3.63) is 57.6 Å². The van der Waals surface area contributed by atoms with Crippen molar-refractivity contribution in [2.45, 2.75) is 13.2 Å². The predicted molar refractivity (Wildman–Crippen MR) is 107 cm³/mol. The van der Waals surface area contributed by atoms with Crippen LogP contribution < -0.4 is 14.8 Å². The summed E-state index contributed by atoms with van der Waals surface area (Å²) in [4.78, 5) is 13.8. The lowest BCUT2D eigenvalue weighted by molar-refractivity contribution is -0.129. The molecule has 3 rings (SSSR count). The second-order valence-corrected chi connectivity index (χ2v) is 7.34. The number of carbonyl (C=O) groups is 1. The lowest BCUT2D eigenvalue weighted by Crippen LogP contribution is -2.52. The number of ether oxygens (including phenoxy) is 2. The Bertz CT molecular complexity index is 823. The van der Waals surface area contributed by atoms with Crippen molar-refractivity contribution in [2.75, 3.05) is 27.2 Å². The Morgan fingerprint density at radius 3 is 2.52 bits per heavy atom. The van der Waals surface area contributed by atoms with Gasteiger partial charge >= 0.3 is 0 Å². The number of benzene rings is 2. The Labute approximate surface area is 169 Å². The van der Waals surface area contributed by atoms with Crippen molar-refractivity contribution in [2.24, 2.45) is 5.92 Å². The van der Waals surface area contributed by atoms with Crippen LogP contribution in [0.15, 0.2) is 36.4 Å². The molecule has 1 fully saturated rings. The first-order valence-electron chi connectivity index (χ1n) is 8.67. The molecule has 2 aromatic carbocycles. The van der Waals surface area contributed by atoms with Crippen molar-refractivity contribution >= 4 is 29.1 Å². The summed E-state index contributed by atoms with van der Waals surface area (Å²) in [6.45, 7) is 2.69. The van der Waals surface area contributed by atoms with E-state index in [1.807, 2.05) is 24.3 Å². The number of nitrogens with one attached hydrogen (secondary N) is 1. The van der Waals surface area contributed by atoms with Gasteiger partial charge in [-0.2, -0.15) is 0 Å². The molecule has 0 aliphatic carbocycles. The molecule has 1 heterocycles. The lowest BCUT2D eigenvalue weighted by Gasteiger charge is -2.38. The molecule has 7 heteroatoms. The fourth-order valence-corrected chi connectivity index (χ4v) is 3.37. The van der Waals surface area contributed by atoms with Crippen molar-refractivity contribution in [3.63, 3.8) is 0 Å². The number of hydrogen-bond donors (Lipinski definition) is 1. The maximum atomic E-state index is 11.6. The first-order chi connectivity index (χ1) is 13.0. The molecule has 144 valence electrons. The molecule has 1 aliphatic rings. The van der Waals surface area contributed by atoms with E-state index in [-0.39, 0.29) is 11.8 Å². The monoisotopic (exact) mass is 408 g/mol. The SMILES string of the molecule is CNC(=O)C1CN(Cc2ccc(OCc3ccc(Cl)c(Cl)c3)c(OC)c2)C1. The van der Waals surface area contributed by atoms with E-state index >= 15 is 0 Å².